The smallest absolute Gasteiger partial charge is 0.257 e. The normalized spacial score (nSPS) is 22.7. The van der Waals surface area contributed by atoms with Crippen molar-refractivity contribution >= 4 is 5.78 Å². The molecule has 1 aliphatic rings. The highest BCUT2D eigenvalue weighted by atomic mass is 16.5. The van der Waals surface area contributed by atoms with E-state index in [9.17, 15) is 0 Å². The van der Waals surface area contributed by atoms with Gasteiger partial charge in [-0.2, -0.15) is 4.98 Å². The minimum absolute atomic E-state index is 0.0936. The number of hydrogen-bond donors (Lipinski definition) is 0. The van der Waals surface area contributed by atoms with Crippen molar-refractivity contribution in [3.63, 3.8) is 0 Å². The average molecular weight is 314 g/mol. The Morgan fingerprint density at radius 2 is 2.22 bits per heavy atom. The van der Waals surface area contributed by atoms with Gasteiger partial charge >= 0.3 is 0 Å². The lowest BCUT2D eigenvalue weighted by Gasteiger charge is -2.34. The quantitative estimate of drug-likeness (QED) is 0.722. The van der Waals surface area contributed by atoms with Crippen LogP contribution in [0.25, 0.3) is 5.78 Å². The van der Waals surface area contributed by atoms with Gasteiger partial charge in [-0.05, 0) is 19.9 Å². The summed E-state index contributed by atoms with van der Waals surface area (Å²) in [4.78, 5) is 15.4. The SMILES string of the molecule is Cc1noc([C@H]2CN(Cc3cn4cccnc4n3)C[C@@H](C)O2)n1. The maximum Gasteiger partial charge on any atom is 0.257 e. The molecular formula is C15H18N6O2. The van der Waals surface area contributed by atoms with Gasteiger partial charge < -0.3 is 9.26 Å². The molecule has 23 heavy (non-hydrogen) atoms. The highest BCUT2D eigenvalue weighted by Crippen LogP contribution is 2.25. The topological polar surface area (TPSA) is 81.6 Å². The molecule has 8 nitrogen and oxygen atoms in total. The first-order valence-corrected chi connectivity index (χ1v) is 7.64. The number of morpholine rings is 1. The van der Waals surface area contributed by atoms with Gasteiger partial charge in [0.25, 0.3) is 5.89 Å². The molecule has 1 aliphatic heterocycles. The van der Waals surface area contributed by atoms with Crippen LogP contribution >= 0.6 is 0 Å². The third-order valence-electron chi connectivity index (χ3n) is 3.83. The van der Waals surface area contributed by atoms with Gasteiger partial charge in [0, 0.05) is 38.2 Å². The van der Waals surface area contributed by atoms with Crippen molar-refractivity contribution in [2.45, 2.75) is 32.6 Å². The van der Waals surface area contributed by atoms with Crippen LogP contribution in [0.3, 0.4) is 0 Å². The van der Waals surface area contributed by atoms with E-state index in [0.717, 1.165) is 18.8 Å². The number of nitrogens with zero attached hydrogens (tertiary/aromatic N) is 6. The zero-order chi connectivity index (χ0) is 15.8. The number of ether oxygens (including phenoxy) is 1. The van der Waals surface area contributed by atoms with Crippen molar-refractivity contribution in [2.75, 3.05) is 13.1 Å². The maximum absolute atomic E-state index is 5.94. The Hall–Kier alpha value is -2.32. The highest BCUT2D eigenvalue weighted by molar-refractivity contribution is 5.29. The van der Waals surface area contributed by atoms with E-state index in [4.69, 9.17) is 9.26 Å². The Bertz CT molecular complexity index is 780. The van der Waals surface area contributed by atoms with Gasteiger partial charge in [0.05, 0.1) is 11.8 Å². The average Bonchev–Trinajstić information content (AvgIpc) is 3.12. The van der Waals surface area contributed by atoms with Crippen LogP contribution in [-0.2, 0) is 11.3 Å². The van der Waals surface area contributed by atoms with Crippen LogP contribution in [0.2, 0.25) is 0 Å². The van der Waals surface area contributed by atoms with E-state index < -0.39 is 0 Å². The predicted molar refractivity (Wildman–Crippen MR) is 80.6 cm³/mol. The fourth-order valence-corrected chi connectivity index (χ4v) is 2.93. The Balaban J connectivity index is 1.51. The molecule has 8 heteroatoms. The van der Waals surface area contributed by atoms with Gasteiger partial charge in [0.15, 0.2) is 5.82 Å². The van der Waals surface area contributed by atoms with Gasteiger partial charge in [-0.1, -0.05) is 5.16 Å². The number of aryl methyl sites for hydroxylation is 1. The third-order valence-corrected chi connectivity index (χ3v) is 3.83. The number of imidazole rings is 1. The summed E-state index contributed by atoms with van der Waals surface area (Å²) in [5.41, 5.74) is 0.984. The third kappa shape index (κ3) is 2.95. The van der Waals surface area contributed by atoms with Crippen molar-refractivity contribution < 1.29 is 9.26 Å². The molecule has 0 aliphatic carbocycles. The molecule has 0 spiro atoms. The van der Waals surface area contributed by atoms with Gasteiger partial charge in [0.2, 0.25) is 5.78 Å². The van der Waals surface area contributed by atoms with Crippen molar-refractivity contribution in [1.82, 2.24) is 29.4 Å². The molecular weight excluding hydrogens is 296 g/mol. The molecule has 4 heterocycles. The molecule has 0 amide bonds. The first-order chi connectivity index (χ1) is 11.2. The molecule has 0 aromatic carbocycles. The van der Waals surface area contributed by atoms with E-state index >= 15 is 0 Å². The second-order valence-electron chi connectivity index (χ2n) is 5.87. The second-order valence-corrected chi connectivity index (χ2v) is 5.87. The van der Waals surface area contributed by atoms with E-state index in [1.807, 2.05) is 29.8 Å². The molecule has 0 unspecified atom stereocenters. The van der Waals surface area contributed by atoms with E-state index in [1.54, 1.807) is 13.1 Å². The van der Waals surface area contributed by atoms with Crippen LogP contribution in [0.5, 0.6) is 0 Å². The summed E-state index contributed by atoms with van der Waals surface area (Å²) in [5.74, 6) is 1.88. The van der Waals surface area contributed by atoms with Gasteiger partial charge in [-0.25, -0.2) is 9.97 Å². The van der Waals surface area contributed by atoms with Crippen LogP contribution < -0.4 is 0 Å². The molecule has 0 bridgehead atoms. The number of fused-ring (bicyclic) bond motifs is 1. The molecule has 0 radical (unpaired) electrons. The summed E-state index contributed by atoms with van der Waals surface area (Å²) in [6.07, 6.45) is 5.60. The number of aromatic nitrogens is 5. The molecule has 2 atom stereocenters. The van der Waals surface area contributed by atoms with E-state index in [2.05, 4.69) is 25.0 Å². The fourth-order valence-electron chi connectivity index (χ4n) is 2.93. The maximum atomic E-state index is 5.94. The summed E-state index contributed by atoms with van der Waals surface area (Å²) in [5, 5.41) is 3.85. The van der Waals surface area contributed by atoms with Crippen molar-refractivity contribution in [3.8, 4) is 0 Å². The fraction of sp³-hybridized carbons (Fsp3) is 0.467. The zero-order valence-electron chi connectivity index (χ0n) is 13.1. The van der Waals surface area contributed by atoms with Crippen molar-refractivity contribution in [3.05, 3.63) is 42.1 Å². The lowest BCUT2D eigenvalue weighted by Crippen LogP contribution is -2.42. The molecule has 0 N–H and O–H groups in total. The Kier molecular flexibility index (Phi) is 3.55. The van der Waals surface area contributed by atoms with Gasteiger partial charge in [-0.3, -0.25) is 9.30 Å². The minimum atomic E-state index is -0.199. The summed E-state index contributed by atoms with van der Waals surface area (Å²) in [7, 11) is 0. The van der Waals surface area contributed by atoms with Crippen LogP contribution in [0.15, 0.2) is 29.2 Å². The zero-order valence-corrected chi connectivity index (χ0v) is 13.1. The monoisotopic (exact) mass is 314 g/mol. The van der Waals surface area contributed by atoms with Crippen LogP contribution in [-0.4, -0.2) is 48.6 Å². The minimum Gasteiger partial charge on any atom is -0.363 e. The first kappa shape index (κ1) is 14.3. The summed E-state index contributed by atoms with van der Waals surface area (Å²) in [6, 6.07) is 1.89. The van der Waals surface area contributed by atoms with Crippen LogP contribution in [0.1, 0.15) is 30.4 Å². The Morgan fingerprint density at radius 3 is 3.00 bits per heavy atom. The van der Waals surface area contributed by atoms with E-state index in [-0.39, 0.29) is 12.2 Å². The van der Waals surface area contributed by atoms with Crippen molar-refractivity contribution in [2.24, 2.45) is 0 Å². The molecule has 0 saturated carbocycles. The standard InChI is InChI=1S/C15H18N6O2/c1-10-6-20(9-13(22-10)14-17-11(2)19-23-14)7-12-8-21-5-3-4-16-15(21)18-12/h3-5,8,10,13H,6-7,9H2,1-2H3/t10-,13-/m1/s1. The highest BCUT2D eigenvalue weighted by Gasteiger charge is 2.30. The van der Waals surface area contributed by atoms with Gasteiger partial charge in [-0.15, -0.1) is 0 Å². The number of rotatable bonds is 3. The molecule has 1 fully saturated rings. The van der Waals surface area contributed by atoms with Crippen LogP contribution in [0, 0.1) is 6.92 Å². The van der Waals surface area contributed by atoms with E-state index in [0.29, 0.717) is 24.0 Å². The molecule has 3 aromatic rings. The van der Waals surface area contributed by atoms with Gasteiger partial charge in [0.1, 0.15) is 6.10 Å². The molecule has 120 valence electrons. The first-order valence-electron chi connectivity index (χ1n) is 7.64. The predicted octanol–water partition coefficient (Wildman–Crippen LogP) is 1.38. The van der Waals surface area contributed by atoms with Crippen molar-refractivity contribution in [1.29, 1.82) is 0 Å². The second kappa shape index (κ2) is 5.71. The van der Waals surface area contributed by atoms with E-state index in [1.165, 1.54) is 0 Å². The molecule has 3 aromatic heterocycles. The lowest BCUT2D eigenvalue weighted by atomic mass is 10.2. The largest absolute Gasteiger partial charge is 0.363 e. The summed E-state index contributed by atoms with van der Waals surface area (Å²) < 4.78 is 13.1. The summed E-state index contributed by atoms with van der Waals surface area (Å²) >= 11 is 0. The lowest BCUT2D eigenvalue weighted by molar-refractivity contribution is -0.0932. The summed E-state index contributed by atoms with van der Waals surface area (Å²) in [6.45, 7) is 6.13. The molecule has 4 rings (SSSR count). The Labute approximate surface area is 133 Å². The molecule has 1 saturated heterocycles. The van der Waals surface area contributed by atoms with Crippen LogP contribution in [0.4, 0.5) is 0 Å². The number of hydrogen-bond acceptors (Lipinski definition) is 7. The Morgan fingerprint density at radius 1 is 1.30 bits per heavy atom.